The summed E-state index contributed by atoms with van der Waals surface area (Å²) in [6.07, 6.45) is -0.259. The Bertz CT molecular complexity index is 1840. The van der Waals surface area contributed by atoms with Crippen LogP contribution in [0.2, 0.25) is 0 Å². The van der Waals surface area contributed by atoms with Gasteiger partial charge in [-0.05, 0) is 58.4 Å². The van der Waals surface area contributed by atoms with Crippen molar-refractivity contribution in [3.8, 4) is 16.9 Å². The number of phenolic OH excluding ortho intramolecular Hbond substituents is 1. The van der Waals surface area contributed by atoms with E-state index < -0.39 is 41.9 Å². The highest BCUT2D eigenvalue weighted by molar-refractivity contribution is 5.94. The van der Waals surface area contributed by atoms with Crippen LogP contribution < -0.4 is 32.7 Å². The summed E-state index contributed by atoms with van der Waals surface area (Å²) in [6.45, 7) is 0.269. The van der Waals surface area contributed by atoms with Crippen molar-refractivity contribution in [2.45, 2.75) is 49.7 Å². The Hall–Kier alpha value is -6.37. The number of aromatic hydroxyl groups is 1. The minimum absolute atomic E-state index is 0.00839. The van der Waals surface area contributed by atoms with E-state index in [1.807, 2.05) is 54.6 Å². The van der Waals surface area contributed by atoms with E-state index in [1.165, 1.54) is 12.1 Å². The van der Waals surface area contributed by atoms with Crippen molar-refractivity contribution in [2.24, 2.45) is 11.5 Å². The van der Waals surface area contributed by atoms with Crippen molar-refractivity contribution < 1.29 is 29.0 Å². The second kappa shape index (κ2) is 17.5. The molecule has 0 aliphatic heterocycles. The summed E-state index contributed by atoms with van der Waals surface area (Å²) in [5.74, 6) is -2.50. The lowest BCUT2D eigenvalue weighted by atomic mass is 9.98. The van der Waals surface area contributed by atoms with Gasteiger partial charge in [0, 0.05) is 25.3 Å². The number of primary amides is 1. The molecule has 0 unspecified atom stereocenters. The van der Waals surface area contributed by atoms with Gasteiger partial charge in [-0.15, -0.1) is 0 Å². The Morgan fingerprint density at radius 3 is 1.85 bits per heavy atom. The molecular formula is C39H43N7O6. The van der Waals surface area contributed by atoms with Crippen LogP contribution in [0.5, 0.6) is 5.75 Å². The third-order valence-electron chi connectivity index (χ3n) is 8.89. The molecule has 0 saturated heterocycles. The highest BCUT2D eigenvalue weighted by atomic mass is 16.5. The van der Waals surface area contributed by atoms with Crippen LogP contribution in [0.4, 0.5) is 4.79 Å². The molecule has 4 aromatic rings. The zero-order valence-electron chi connectivity index (χ0n) is 28.5. The lowest BCUT2D eigenvalue weighted by Crippen LogP contribution is -2.57. The van der Waals surface area contributed by atoms with E-state index in [9.17, 15) is 24.3 Å². The maximum Gasteiger partial charge on any atom is 0.407 e. The number of phenols is 1. The molecule has 0 fully saturated rings. The van der Waals surface area contributed by atoms with E-state index in [1.54, 1.807) is 36.4 Å². The normalized spacial score (nSPS) is 13.4. The van der Waals surface area contributed by atoms with E-state index in [4.69, 9.17) is 21.6 Å². The van der Waals surface area contributed by atoms with Gasteiger partial charge in [0.05, 0.1) is 0 Å². The number of fused-ring (bicyclic) bond motifs is 3. The van der Waals surface area contributed by atoms with Crippen LogP contribution in [0, 0.1) is 5.41 Å². The quantitative estimate of drug-likeness (QED) is 0.0491. The van der Waals surface area contributed by atoms with Gasteiger partial charge in [0.15, 0.2) is 5.96 Å². The Morgan fingerprint density at radius 2 is 1.23 bits per heavy atom. The van der Waals surface area contributed by atoms with E-state index in [0.29, 0.717) is 12.0 Å². The van der Waals surface area contributed by atoms with Gasteiger partial charge in [-0.1, -0.05) is 91.0 Å². The number of guanidine groups is 1. The van der Waals surface area contributed by atoms with Crippen molar-refractivity contribution in [1.82, 2.24) is 21.3 Å². The van der Waals surface area contributed by atoms with Crippen molar-refractivity contribution in [1.29, 1.82) is 5.41 Å². The monoisotopic (exact) mass is 705 g/mol. The fourth-order valence-electron chi connectivity index (χ4n) is 6.27. The van der Waals surface area contributed by atoms with Gasteiger partial charge < -0.3 is 42.6 Å². The Balaban J connectivity index is 1.31. The first-order valence-electron chi connectivity index (χ1n) is 17.0. The summed E-state index contributed by atoms with van der Waals surface area (Å²) in [4.78, 5) is 53.3. The molecule has 0 saturated carbocycles. The van der Waals surface area contributed by atoms with E-state index in [-0.39, 0.29) is 50.0 Å². The molecule has 5 rings (SSSR count). The van der Waals surface area contributed by atoms with Gasteiger partial charge in [-0.25, -0.2) is 4.79 Å². The van der Waals surface area contributed by atoms with Gasteiger partial charge in [-0.3, -0.25) is 19.8 Å². The van der Waals surface area contributed by atoms with E-state index in [0.717, 1.165) is 27.8 Å². The summed E-state index contributed by atoms with van der Waals surface area (Å²) >= 11 is 0. The Kier molecular flexibility index (Phi) is 12.4. The third-order valence-corrected chi connectivity index (χ3v) is 8.89. The van der Waals surface area contributed by atoms with Crippen LogP contribution in [0.1, 0.15) is 41.0 Å². The third kappa shape index (κ3) is 9.87. The molecule has 1 aliphatic rings. The highest BCUT2D eigenvalue weighted by Crippen LogP contribution is 2.44. The average molecular weight is 706 g/mol. The number of nitrogens with one attached hydrogen (secondary N) is 5. The van der Waals surface area contributed by atoms with Crippen LogP contribution in [-0.2, 0) is 32.0 Å². The summed E-state index contributed by atoms with van der Waals surface area (Å²) < 4.78 is 5.73. The predicted octanol–water partition coefficient (Wildman–Crippen LogP) is 2.80. The maximum atomic E-state index is 13.9. The second-order valence-electron chi connectivity index (χ2n) is 12.6. The Morgan fingerprint density at radius 1 is 0.692 bits per heavy atom. The number of amides is 4. The van der Waals surface area contributed by atoms with E-state index in [2.05, 4.69) is 21.3 Å². The van der Waals surface area contributed by atoms with Crippen LogP contribution in [0.3, 0.4) is 0 Å². The number of nitrogens with two attached hydrogens (primary N) is 2. The molecule has 270 valence electrons. The first kappa shape index (κ1) is 36.9. The number of benzene rings is 4. The van der Waals surface area contributed by atoms with Crippen LogP contribution in [-0.4, -0.2) is 66.2 Å². The molecule has 4 amide bonds. The smallest absolute Gasteiger partial charge is 0.407 e. The minimum Gasteiger partial charge on any atom is -0.508 e. The van der Waals surface area contributed by atoms with Crippen molar-refractivity contribution >= 4 is 29.8 Å². The highest BCUT2D eigenvalue weighted by Gasteiger charge is 2.32. The van der Waals surface area contributed by atoms with Crippen molar-refractivity contribution in [3.05, 3.63) is 125 Å². The first-order valence-corrected chi connectivity index (χ1v) is 17.0. The first-order chi connectivity index (χ1) is 25.1. The number of rotatable bonds is 16. The number of ether oxygens (including phenoxy) is 1. The Labute approximate surface area is 301 Å². The molecule has 13 heteroatoms. The van der Waals surface area contributed by atoms with Crippen molar-refractivity contribution in [2.75, 3.05) is 13.2 Å². The SMILES string of the molecule is N=C(N)NCCC[C@H](NC(=O)[C@H](Cc1ccc(O)cc1)NC(=O)OCC1c2ccccc2-c2ccccc21)C(=O)N[C@@H](Cc1ccccc1)C(N)=O. The molecule has 0 aromatic heterocycles. The number of alkyl carbamates (subject to hydrolysis) is 1. The molecule has 3 atom stereocenters. The van der Waals surface area contributed by atoms with Gasteiger partial charge >= 0.3 is 6.09 Å². The van der Waals surface area contributed by atoms with E-state index >= 15 is 0 Å². The topological polar surface area (TPSA) is 222 Å². The molecular weight excluding hydrogens is 662 g/mol. The largest absolute Gasteiger partial charge is 0.508 e. The zero-order valence-corrected chi connectivity index (χ0v) is 28.5. The van der Waals surface area contributed by atoms with Gasteiger partial charge in [0.2, 0.25) is 17.7 Å². The van der Waals surface area contributed by atoms with Crippen molar-refractivity contribution in [3.63, 3.8) is 0 Å². The fourth-order valence-corrected chi connectivity index (χ4v) is 6.27. The molecule has 0 radical (unpaired) electrons. The van der Waals surface area contributed by atoms with Gasteiger partial charge in [0.25, 0.3) is 0 Å². The number of carbonyl (C=O) groups is 4. The average Bonchev–Trinajstić information content (AvgIpc) is 3.46. The molecule has 1 aliphatic carbocycles. The summed E-state index contributed by atoms with van der Waals surface area (Å²) in [5.41, 5.74) is 16.7. The van der Waals surface area contributed by atoms with Crippen LogP contribution in [0.15, 0.2) is 103 Å². The van der Waals surface area contributed by atoms with Gasteiger partial charge in [-0.2, -0.15) is 0 Å². The molecule has 0 heterocycles. The molecule has 13 nitrogen and oxygen atoms in total. The summed E-state index contributed by atoms with van der Waals surface area (Å²) in [5, 5.41) is 28.0. The maximum absolute atomic E-state index is 13.9. The standard InChI is InChI=1S/C39H43N7O6/c40-35(48)33(21-24-9-2-1-3-10-24)45-36(49)32(15-8-20-43-38(41)42)44-37(50)34(22-25-16-18-26(47)19-17-25)46-39(51)52-23-31-29-13-6-4-11-27(29)28-12-5-7-14-30(28)31/h1-7,9-14,16-19,31-34,47H,8,15,20-23H2,(H2,40,48)(H,44,50)(H,45,49)(H,46,51)(H4,41,42,43)/t32-,33-,34-/m0/s1. The lowest BCUT2D eigenvalue weighted by molar-refractivity contribution is -0.132. The number of carbonyl (C=O) groups excluding carboxylic acids is 4. The number of hydrogen-bond acceptors (Lipinski definition) is 7. The summed E-state index contributed by atoms with van der Waals surface area (Å²) in [7, 11) is 0. The second-order valence-corrected chi connectivity index (χ2v) is 12.6. The summed E-state index contributed by atoms with van der Waals surface area (Å²) in [6, 6.07) is 27.7. The predicted molar refractivity (Wildman–Crippen MR) is 196 cm³/mol. The fraction of sp³-hybridized carbons (Fsp3) is 0.256. The zero-order chi connectivity index (χ0) is 37.0. The van der Waals surface area contributed by atoms with Gasteiger partial charge in [0.1, 0.15) is 30.5 Å². The molecule has 10 N–H and O–H groups in total. The molecule has 52 heavy (non-hydrogen) atoms. The van der Waals surface area contributed by atoms with Crippen LogP contribution in [0.25, 0.3) is 11.1 Å². The number of hydrogen-bond donors (Lipinski definition) is 8. The lowest BCUT2D eigenvalue weighted by Gasteiger charge is -2.25. The molecule has 0 bridgehead atoms. The van der Waals surface area contributed by atoms with Crippen LogP contribution >= 0.6 is 0 Å². The molecule has 0 spiro atoms. The molecule has 4 aromatic carbocycles. The minimum atomic E-state index is -1.19.